The maximum absolute atomic E-state index is 14.4. The molecule has 0 fully saturated rings. The van der Waals surface area contributed by atoms with Gasteiger partial charge in [-0.1, -0.05) is 26.0 Å². The van der Waals surface area contributed by atoms with Gasteiger partial charge in [0.2, 0.25) is 5.95 Å². The summed E-state index contributed by atoms with van der Waals surface area (Å²) in [5.41, 5.74) is 0.870. The van der Waals surface area contributed by atoms with Gasteiger partial charge in [0, 0.05) is 12.1 Å². The van der Waals surface area contributed by atoms with E-state index >= 15 is 0 Å². The molecule has 0 saturated heterocycles. The Kier molecular flexibility index (Phi) is 4.30. The van der Waals surface area contributed by atoms with Crippen LogP contribution in [0.5, 0.6) is 0 Å². The van der Waals surface area contributed by atoms with Crippen molar-refractivity contribution in [2.75, 3.05) is 17.2 Å². The maximum atomic E-state index is 14.4. The van der Waals surface area contributed by atoms with Crippen molar-refractivity contribution in [1.29, 1.82) is 0 Å². The summed E-state index contributed by atoms with van der Waals surface area (Å²) in [5.74, 6) is 0.591. The molecule has 0 aromatic carbocycles. The highest BCUT2D eigenvalue weighted by Crippen LogP contribution is 2.35. The van der Waals surface area contributed by atoms with Crippen LogP contribution in [-0.4, -0.2) is 27.5 Å². The number of nitrogens with zero attached hydrogens (tertiary/aromatic N) is 3. The van der Waals surface area contributed by atoms with E-state index in [1.807, 2.05) is 0 Å². The highest BCUT2D eigenvalue weighted by molar-refractivity contribution is 5.55. The highest BCUT2D eigenvalue weighted by atomic mass is 19.1. The van der Waals surface area contributed by atoms with Gasteiger partial charge in [-0.2, -0.15) is 0 Å². The number of rotatable bonds is 3. The molecule has 2 unspecified atom stereocenters. The first kappa shape index (κ1) is 16.9. The van der Waals surface area contributed by atoms with Crippen LogP contribution < -0.4 is 10.6 Å². The lowest BCUT2D eigenvalue weighted by Crippen LogP contribution is -2.32. The van der Waals surface area contributed by atoms with Gasteiger partial charge in [0.25, 0.3) is 0 Å². The van der Waals surface area contributed by atoms with E-state index in [2.05, 4.69) is 51.6 Å². The summed E-state index contributed by atoms with van der Waals surface area (Å²) in [7, 11) is 0. The molecule has 2 aromatic rings. The van der Waals surface area contributed by atoms with Crippen LogP contribution in [0.1, 0.15) is 37.4 Å². The number of fused-ring (bicyclic) bond motifs is 1. The molecule has 2 aromatic heterocycles. The molecule has 3 heterocycles. The number of nitrogens with one attached hydrogen (secondary N) is 2. The first-order valence-electron chi connectivity index (χ1n) is 8.88. The highest BCUT2D eigenvalue weighted by Gasteiger charge is 2.30. The van der Waals surface area contributed by atoms with Crippen LogP contribution in [0.4, 0.5) is 20.5 Å². The summed E-state index contributed by atoms with van der Waals surface area (Å²) in [5, 5.41) is 6.38. The van der Waals surface area contributed by atoms with Gasteiger partial charge in [-0.05, 0) is 24.3 Å². The zero-order valence-electron chi connectivity index (χ0n) is 14.7. The third kappa shape index (κ3) is 3.02. The lowest BCUT2D eigenvalue weighted by atomic mass is 9.82. The van der Waals surface area contributed by atoms with E-state index < -0.39 is 17.6 Å². The molecule has 4 rings (SSSR count). The number of hydrogen-bond donors (Lipinski definition) is 2. The van der Waals surface area contributed by atoms with Crippen molar-refractivity contribution in [2.45, 2.75) is 32.2 Å². The number of halogens is 2. The Morgan fingerprint density at radius 2 is 2.04 bits per heavy atom. The van der Waals surface area contributed by atoms with E-state index in [-0.39, 0.29) is 11.7 Å². The molecule has 5 nitrogen and oxygen atoms in total. The number of allylic oxidation sites excluding steroid dienone is 1. The molecule has 0 amide bonds. The fraction of sp³-hybridized carbons (Fsp3) is 0.421. The van der Waals surface area contributed by atoms with Gasteiger partial charge in [-0.3, -0.25) is 0 Å². The summed E-state index contributed by atoms with van der Waals surface area (Å²) in [6.07, 6.45) is 7.64. The second kappa shape index (κ2) is 6.63. The average molecular weight is 357 g/mol. The van der Waals surface area contributed by atoms with Gasteiger partial charge in [-0.15, -0.1) is 0 Å². The molecule has 26 heavy (non-hydrogen) atoms. The van der Waals surface area contributed by atoms with Gasteiger partial charge in [-0.25, -0.2) is 23.7 Å². The Morgan fingerprint density at radius 3 is 2.88 bits per heavy atom. The molecular weight excluding hydrogens is 336 g/mol. The minimum absolute atomic E-state index is 0.102. The summed E-state index contributed by atoms with van der Waals surface area (Å²) in [4.78, 5) is 12.5. The monoisotopic (exact) mass is 357 g/mol. The third-order valence-corrected chi connectivity index (χ3v) is 5.45. The van der Waals surface area contributed by atoms with Crippen molar-refractivity contribution in [1.82, 2.24) is 15.0 Å². The molecular formula is C19H21F2N5. The standard InChI is InChI=1S/C19H21F2N5/c1-10-4-3-5-16(11(10)2)25-19-24-9-15(21)17(26-19)14-8-23-18-13(14)6-12(20)7-22-18/h3,5-7,9-11,14,16H,4,8H2,1-2H3,(H,22,23)(H,24,25,26)/t10?,11-,14?,16-/m1/s1. The Labute approximate surface area is 151 Å². The molecule has 7 heteroatoms. The summed E-state index contributed by atoms with van der Waals surface area (Å²) in [6.45, 7) is 4.82. The van der Waals surface area contributed by atoms with Gasteiger partial charge < -0.3 is 10.6 Å². The Hall–Kier alpha value is -2.57. The first-order valence-corrected chi connectivity index (χ1v) is 8.88. The first-order chi connectivity index (χ1) is 12.5. The minimum atomic E-state index is -0.500. The second-order valence-electron chi connectivity index (χ2n) is 7.12. The topological polar surface area (TPSA) is 62.7 Å². The Balaban J connectivity index is 1.63. The van der Waals surface area contributed by atoms with Crippen LogP contribution in [0, 0.1) is 23.5 Å². The Bertz CT molecular complexity index is 854. The predicted molar refractivity (Wildman–Crippen MR) is 96.0 cm³/mol. The molecule has 2 N–H and O–H groups in total. The fourth-order valence-electron chi connectivity index (χ4n) is 3.63. The lowest BCUT2D eigenvalue weighted by Gasteiger charge is -2.30. The van der Waals surface area contributed by atoms with Crippen LogP contribution in [0.3, 0.4) is 0 Å². The summed E-state index contributed by atoms with van der Waals surface area (Å²) >= 11 is 0. The summed E-state index contributed by atoms with van der Waals surface area (Å²) in [6, 6.07) is 1.49. The van der Waals surface area contributed by atoms with E-state index in [1.165, 1.54) is 12.3 Å². The maximum Gasteiger partial charge on any atom is 0.223 e. The van der Waals surface area contributed by atoms with E-state index in [9.17, 15) is 8.78 Å². The average Bonchev–Trinajstić information content (AvgIpc) is 3.03. The smallest absolute Gasteiger partial charge is 0.223 e. The van der Waals surface area contributed by atoms with Crippen molar-refractivity contribution in [3.05, 3.63) is 53.5 Å². The van der Waals surface area contributed by atoms with E-state index in [0.29, 0.717) is 35.7 Å². The minimum Gasteiger partial charge on any atom is -0.369 e. The predicted octanol–water partition coefficient (Wildman–Crippen LogP) is 3.72. The van der Waals surface area contributed by atoms with E-state index in [0.717, 1.165) is 12.6 Å². The molecule has 1 aliphatic heterocycles. The molecule has 0 radical (unpaired) electrons. The molecule has 0 bridgehead atoms. The molecule has 2 aliphatic rings. The second-order valence-corrected chi connectivity index (χ2v) is 7.12. The number of hydrogen-bond acceptors (Lipinski definition) is 5. The third-order valence-electron chi connectivity index (χ3n) is 5.45. The van der Waals surface area contributed by atoms with Crippen molar-refractivity contribution in [3.8, 4) is 0 Å². The lowest BCUT2D eigenvalue weighted by molar-refractivity contribution is 0.355. The van der Waals surface area contributed by atoms with Crippen molar-refractivity contribution in [3.63, 3.8) is 0 Å². The van der Waals surface area contributed by atoms with Crippen LogP contribution in [0.15, 0.2) is 30.6 Å². The quantitative estimate of drug-likeness (QED) is 0.820. The van der Waals surface area contributed by atoms with Crippen molar-refractivity contribution in [2.24, 2.45) is 11.8 Å². The van der Waals surface area contributed by atoms with Crippen LogP contribution in [-0.2, 0) is 0 Å². The van der Waals surface area contributed by atoms with Gasteiger partial charge >= 0.3 is 0 Å². The molecule has 4 atom stereocenters. The Morgan fingerprint density at radius 1 is 1.19 bits per heavy atom. The van der Waals surface area contributed by atoms with Crippen LogP contribution in [0.25, 0.3) is 0 Å². The molecule has 0 saturated carbocycles. The number of anilines is 2. The summed E-state index contributed by atoms with van der Waals surface area (Å²) < 4.78 is 28.0. The molecule has 136 valence electrons. The molecule has 1 aliphatic carbocycles. The SMILES string of the molecule is CC1CC=C[C@@H](Nc2ncc(F)c(C3CNc4ncc(F)cc43)n2)[C@@H]1C. The van der Waals surface area contributed by atoms with E-state index in [1.54, 1.807) is 0 Å². The zero-order chi connectivity index (χ0) is 18.3. The zero-order valence-corrected chi connectivity index (χ0v) is 14.7. The van der Waals surface area contributed by atoms with Gasteiger partial charge in [0.05, 0.1) is 30.0 Å². The van der Waals surface area contributed by atoms with Gasteiger partial charge in [0.15, 0.2) is 5.82 Å². The molecule has 0 spiro atoms. The van der Waals surface area contributed by atoms with Crippen LogP contribution >= 0.6 is 0 Å². The van der Waals surface area contributed by atoms with Gasteiger partial charge in [0.1, 0.15) is 11.6 Å². The fourth-order valence-corrected chi connectivity index (χ4v) is 3.63. The van der Waals surface area contributed by atoms with Crippen molar-refractivity contribution < 1.29 is 8.78 Å². The van der Waals surface area contributed by atoms with E-state index in [4.69, 9.17) is 0 Å². The normalized spacial score (nSPS) is 27.1. The number of pyridine rings is 1. The van der Waals surface area contributed by atoms with Crippen molar-refractivity contribution >= 4 is 11.8 Å². The van der Waals surface area contributed by atoms with Crippen LogP contribution in [0.2, 0.25) is 0 Å². The number of aromatic nitrogens is 3. The largest absolute Gasteiger partial charge is 0.369 e.